The molecule has 144 valence electrons. The van der Waals surface area contributed by atoms with E-state index >= 15 is 0 Å². The number of amides is 1. The lowest BCUT2D eigenvalue weighted by Gasteiger charge is -2.34. The number of aromatic nitrogens is 3. The minimum atomic E-state index is 0.0642. The number of piperazine rings is 1. The standard InChI is InChI=1S/C20H22N6OS/c1-14-23-17(13-28-14)12-25-6-8-26(9-7-25)20(27)16-4-2-15(3-5-16)18-10-22-11-19(21)24-18/h2-5,10-11,13H,6-9,12H2,1H3,(H2,21,24). The second-order valence-electron chi connectivity index (χ2n) is 6.83. The van der Waals surface area contributed by atoms with Gasteiger partial charge in [0.05, 0.1) is 28.8 Å². The summed E-state index contributed by atoms with van der Waals surface area (Å²) >= 11 is 1.68. The van der Waals surface area contributed by atoms with E-state index in [4.69, 9.17) is 5.73 Å². The van der Waals surface area contributed by atoms with Crippen LogP contribution in [-0.2, 0) is 6.54 Å². The van der Waals surface area contributed by atoms with Crippen molar-refractivity contribution in [3.05, 3.63) is 58.3 Å². The molecule has 3 heterocycles. The first-order valence-electron chi connectivity index (χ1n) is 9.19. The van der Waals surface area contributed by atoms with Gasteiger partial charge < -0.3 is 10.6 Å². The van der Waals surface area contributed by atoms with Crippen molar-refractivity contribution in [2.45, 2.75) is 13.5 Å². The number of hydrogen-bond donors (Lipinski definition) is 1. The molecule has 28 heavy (non-hydrogen) atoms. The van der Waals surface area contributed by atoms with E-state index in [-0.39, 0.29) is 5.91 Å². The van der Waals surface area contributed by atoms with Crippen molar-refractivity contribution in [2.24, 2.45) is 0 Å². The number of aryl methyl sites for hydroxylation is 1. The van der Waals surface area contributed by atoms with Crippen molar-refractivity contribution in [1.29, 1.82) is 0 Å². The molecule has 0 unspecified atom stereocenters. The Morgan fingerprint density at radius 3 is 2.50 bits per heavy atom. The van der Waals surface area contributed by atoms with Crippen molar-refractivity contribution in [1.82, 2.24) is 24.8 Å². The van der Waals surface area contributed by atoms with Crippen LogP contribution in [0.3, 0.4) is 0 Å². The summed E-state index contributed by atoms with van der Waals surface area (Å²) in [7, 11) is 0. The predicted molar refractivity (Wildman–Crippen MR) is 110 cm³/mol. The summed E-state index contributed by atoms with van der Waals surface area (Å²) in [6.07, 6.45) is 3.17. The fourth-order valence-corrected chi connectivity index (χ4v) is 3.91. The molecule has 1 saturated heterocycles. The highest BCUT2D eigenvalue weighted by Crippen LogP contribution is 2.19. The lowest BCUT2D eigenvalue weighted by atomic mass is 10.1. The third-order valence-electron chi connectivity index (χ3n) is 4.79. The SMILES string of the molecule is Cc1nc(CN2CCN(C(=O)c3ccc(-c4cncc(N)n4)cc3)CC2)cs1. The molecule has 2 N–H and O–H groups in total. The fourth-order valence-electron chi connectivity index (χ4n) is 3.31. The number of carbonyl (C=O) groups excluding carboxylic acids is 1. The lowest BCUT2D eigenvalue weighted by Crippen LogP contribution is -2.48. The Balaban J connectivity index is 1.36. The van der Waals surface area contributed by atoms with Gasteiger partial charge in [-0.3, -0.25) is 14.7 Å². The number of rotatable bonds is 4. The van der Waals surface area contributed by atoms with Crippen LogP contribution in [-0.4, -0.2) is 56.8 Å². The average Bonchev–Trinajstić information content (AvgIpc) is 3.13. The van der Waals surface area contributed by atoms with Crippen LogP contribution in [0.4, 0.5) is 5.82 Å². The zero-order chi connectivity index (χ0) is 19.5. The number of hydrogen-bond acceptors (Lipinski definition) is 7. The average molecular weight is 395 g/mol. The van der Waals surface area contributed by atoms with E-state index < -0.39 is 0 Å². The first-order valence-corrected chi connectivity index (χ1v) is 10.1. The van der Waals surface area contributed by atoms with Gasteiger partial charge >= 0.3 is 0 Å². The molecule has 4 rings (SSSR count). The minimum absolute atomic E-state index is 0.0642. The van der Waals surface area contributed by atoms with Crippen LogP contribution in [0.15, 0.2) is 42.0 Å². The summed E-state index contributed by atoms with van der Waals surface area (Å²) < 4.78 is 0. The topological polar surface area (TPSA) is 88.2 Å². The Kier molecular flexibility index (Phi) is 5.31. The number of benzene rings is 1. The molecule has 1 aromatic carbocycles. The Bertz CT molecular complexity index is 963. The maximum atomic E-state index is 12.8. The molecule has 0 bridgehead atoms. The molecule has 3 aromatic rings. The van der Waals surface area contributed by atoms with Gasteiger partial charge in [-0.25, -0.2) is 9.97 Å². The highest BCUT2D eigenvalue weighted by Gasteiger charge is 2.22. The molecule has 1 aliphatic rings. The molecule has 0 aliphatic carbocycles. The van der Waals surface area contributed by atoms with Crippen molar-refractivity contribution in [3.8, 4) is 11.3 Å². The third-order valence-corrected chi connectivity index (χ3v) is 5.61. The van der Waals surface area contributed by atoms with Gasteiger partial charge in [-0.05, 0) is 19.1 Å². The second-order valence-corrected chi connectivity index (χ2v) is 7.89. The van der Waals surface area contributed by atoms with Crippen LogP contribution in [0.5, 0.6) is 0 Å². The Morgan fingerprint density at radius 1 is 1.11 bits per heavy atom. The van der Waals surface area contributed by atoms with Gasteiger partial charge in [0.15, 0.2) is 0 Å². The van der Waals surface area contributed by atoms with Crippen LogP contribution in [0.2, 0.25) is 0 Å². The summed E-state index contributed by atoms with van der Waals surface area (Å²) in [5.74, 6) is 0.442. The second kappa shape index (κ2) is 8.04. The Hall–Kier alpha value is -2.84. The highest BCUT2D eigenvalue weighted by atomic mass is 32.1. The van der Waals surface area contributed by atoms with E-state index in [0.717, 1.165) is 49.0 Å². The molecule has 1 fully saturated rings. The molecular weight excluding hydrogens is 372 g/mol. The summed E-state index contributed by atoms with van der Waals surface area (Å²) in [6, 6.07) is 7.45. The molecule has 2 aromatic heterocycles. The zero-order valence-corrected chi connectivity index (χ0v) is 16.5. The van der Waals surface area contributed by atoms with Crippen LogP contribution in [0.25, 0.3) is 11.3 Å². The van der Waals surface area contributed by atoms with Gasteiger partial charge in [-0.15, -0.1) is 11.3 Å². The summed E-state index contributed by atoms with van der Waals surface area (Å²) in [5.41, 5.74) is 9.08. The molecular formula is C20H22N6OS. The van der Waals surface area contributed by atoms with Crippen molar-refractivity contribution in [2.75, 3.05) is 31.9 Å². The number of nitrogens with two attached hydrogens (primary N) is 1. The molecule has 7 nitrogen and oxygen atoms in total. The summed E-state index contributed by atoms with van der Waals surface area (Å²) in [5, 5.41) is 3.20. The van der Waals surface area contributed by atoms with E-state index in [2.05, 4.69) is 25.2 Å². The largest absolute Gasteiger partial charge is 0.382 e. The summed E-state index contributed by atoms with van der Waals surface area (Å²) in [6.45, 7) is 6.05. The van der Waals surface area contributed by atoms with E-state index in [1.165, 1.54) is 6.20 Å². The van der Waals surface area contributed by atoms with Gasteiger partial charge in [0.2, 0.25) is 0 Å². The maximum absolute atomic E-state index is 12.8. The van der Waals surface area contributed by atoms with Gasteiger partial charge in [-0.1, -0.05) is 12.1 Å². The molecule has 0 saturated carbocycles. The van der Waals surface area contributed by atoms with Crippen molar-refractivity contribution in [3.63, 3.8) is 0 Å². The monoisotopic (exact) mass is 394 g/mol. The number of thiazole rings is 1. The van der Waals surface area contributed by atoms with Crippen molar-refractivity contribution < 1.29 is 4.79 Å². The highest BCUT2D eigenvalue weighted by molar-refractivity contribution is 7.09. The van der Waals surface area contributed by atoms with Gasteiger partial charge in [0.25, 0.3) is 5.91 Å². The number of carbonyl (C=O) groups is 1. The third kappa shape index (κ3) is 4.18. The molecule has 8 heteroatoms. The molecule has 0 radical (unpaired) electrons. The molecule has 0 atom stereocenters. The first kappa shape index (κ1) is 18.5. The smallest absolute Gasteiger partial charge is 0.253 e. The van der Waals surface area contributed by atoms with E-state index in [0.29, 0.717) is 17.1 Å². The van der Waals surface area contributed by atoms with Gasteiger partial charge in [0.1, 0.15) is 5.82 Å². The quantitative estimate of drug-likeness (QED) is 0.731. The normalized spacial score (nSPS) is 15.0. The fraction of sp³-hybridized carbons (Fsp3) is 0.300. The minimum Gasteiger partial charge on any atom is -0.382 e. The number of nitrogen functional groups attached to an aromatic ring is 1. The molecule has 1 aliphatic heterocycles. The van der Waals surface area contributed by atoms with E-state index in [9.17, 15) is 4.79 Å². The van der Waals surface area contributed by atoms with Crippen LogP contribution < -0.4 is 5.73 Å². The maximum Gasteiger partial charge on any atom is 0.253 e. The van der Waals surface area contributed by atoms with Crippen LogP contribution in [0.1, 0.15) is 21.1 Å². The zero-order valence-electron chi connectivity index (χ0n) is 15.7. The molecule has 1 amide bonds. The van der Waals surface area contributed by atoms with Crippen molar-refractivity contribution >= 4 is 23.1 Å². The molecule has 0 spiro atoms. The number of anilines is 1. The van der Waals surface area contributed by atoms with Gasteiger partial charge in [-0.2, -0.15) is 0 Å². The van der Waals surface area contributed by atoms with E-state index in [1.807, 2.05) is 36.1 Å². The predicted octanol–water partition coefficient (Wildman–Crippen LogP) is 2.45. The van der Waals surface area contributed by atoms with Crippen LogP contribution in [0, 0.1) is 6.92 Å². The first-order chi connectivity index (χ1) is 13.6. The van der Waals surface area contributed by atoms with E-state index in [1.54, 1.807) is 17.5 Å². The Morgan fingerprint density at radius 2 is 1.86 bits per heavy atom. The van der Waals surface area contributed by atoms with Crippen LogP contribution >= 0.6 is 11.3 Å². The Labute approximate surface area is 167 Å². The summed E-state index contributed by atoms with van der Waals surface area (Å²) in [4.78, 5) is 29.9. The number of nitrogens with zero attached hydrogens (tertiary/aromatic N) is 5. The lowest BCUT2D eigenvalue weighted by molar-refractivity contribution is 0.0627. The van der Waals surface area contributed by atoms with Gasteiger partial charge in [0, 0.05) is 49.2 Å².